The number of hydrogen-bond acceptors (Lipinski definition) is 3. The predicted molar refractivity (Wildman–Crippen MR) is 76.1 cm³/mol. The van der Waals surface area contributed by atoms with Gasteiger partial charge < -0.3 is 10.4 Å². The van der Waals surface area contributed by atoms with Gasteiger partial charge in [0.05, 0.1) is 0 Å². The molecular formula is C13H18ClNO2S. The van der Waals surface area contributed by atoms with Crippen molar-refractivity contribution in [3.05, 3.63) is 29.3 Å². The second kappa shape index (κ2) is 9.25. The van der Waals surface area contributed by atoms with Crippen LogP contribution in [0.1, 0.15) is 19.3 Å². The molecule has 0 atom stereocenters. The first-order valence-electron chi connectivity index (χ1n) is 5.98. The van der Waals surface area contributed by atoms with E-state index in [0.29, 0.717) is 19.4 Å². The standard InChI is InChI=1S/C13H18ClNO2S/c14-11-4-6-12(7-5-11)18-10-1-3-13(17)15-8-2-9-16/h4-7,16H,1-3,8-10H2,(H,15,17). The average molecular weight is 288 g/mol. The van der Waals surface area contributed by atoms with Gasteiger partial charge in [0.2, 0.25) is 5.91 Å². The van der Waals surface area contributed by atoms with E-state index in [0.717, 1.165) is 17.2 Å². The monoisotopic (exact) mass is 287 g/mol. The van der Waals surface area contributed by atoms with E-state index >= 15 is 0 Å². The Morgan fingerprint density at radius 2 is 2.00 bits per heavy atom. The zero-order valence-corrected chi connectivity index (χ0v) is 11.8. The fourth-order valence-corrected chi connectivity index (χ4v) is 2.33. The zero-order valence-electron chi connectivity index (χ0n) is 10.2. The van der Waals surface area contributed by atoms with Crippen LogP contribution in [0.2, 0.25) is 5.02 Å². The first-order chi connectivity index (χ1) is 8.72. The summed E-state index contributed by atoms with van der Waals surface area (Å²) in [5.41, 5.74) is 0. The first kappa shape index (κ1) is 15.3. The van der Waals surface area contributed by atoms with E-state index in [2.05, 4.69) is 5.32 Å². The minimum Gasteiger partial charge on any atom is -0.396 e. The maximum atomic E-state index is 11.4. The maximum Gasteiger partial charge on any atom is 0.220 e. The van der Waals surface area contributed by atoms with E-state index in [1.807, 2.05) is 24.3 Å². The highest BCUT2D eigenvalue weighted by molar-refractivity contribution is 7.99. The summed E-state index contributed by atoms with van der Waals surface area (Å²) < 4.78 is 0. The molecular weight excluding hydrogens is 270 g/mol. The number of carbonyl (C=O) groups excluding carboxylic acids is 1. The Morgan fingerprint density at radius 1 is 1.28 bits per heavy atom. The fraction of sp³-hybridized carbons (Fsp3) is 0.462. The number of aliphatic hydroxyl groups is 1. The van der Waals surface area contributed by atoms with Gasteiger partial charge in [0.15, 0.2) is 0 Å². The first-order valence-corrected chi connectivity index (χ1v) is 7.34. The highest BCUT2D eigenvalue weighted by Gasteiger charge is 2.00. The van der Waals surface area contributed by atoms with E-state index in [1.165, 1.54) is 4.90 Å². The lowest BCUT2D eigenvalue weighted by molar-refractivity contribution is -0.121. The summed E-state index contributed by atoms with van der Waals surface area (Å²) in [6.07, 6.45) is 2.00. The number of rotatable bonds is 8. The van der Waals surface area contributed by atoms with Crippen LogP contribution in [0, 0.1) is 0 Å². The van der Waals surface area contributed by atoms with Crippen LogP contribution < -0.4 is 5.32 Å². The van der Waals surface area contributed by atoms with Crippen LogP contribution in [0.3, 0.4) is 0 Å². The van der Waals surface area contributed by atoms with Crippen molar-refractivity contribution in [3.8, 4) is 0 Å². The molecule has 1 rings (SSSR count). The molecule has 0 fully saturated rings. The lowest BCUT2D eigenvalue weighted by Gasteiger charge is -2.04. The second-order valence-corrected chi connectivity index (χ2v) is 5.44. The molecule has 0 aliphatic rings. The third-order valence-electron chi connectivity index (χ3n) is 2.29. The molecule has 0 saturated carbocycles. The van der Waals surface area contributed by atoms with Crippen LogP contribution in [0.25, 0.3) is 0 Å². The van der Waals surface area contributed by atoms with Gasteiger partial charge in [-0.25, -0.2) is 0 Å². The van der Waals surface area contributed by atoms with Crippen LogP contribution in [-0.2, 0) is 4.79 Å². The Balaban J connectivity index is 2.07. The molecule has 0 heterocycles. The van der Waals surface area contributed by atoms with Crippen LogP contribution in [0.4, 0.5) is 0 Å². The number of amides is 1. The molecule has 0 aromatic heterocycles. The van der Waals surface area contributed by atoms with E-state index in [4.69, 9.17) is 16.7 Å². The Morgan fingerprint density at radius 3 is 2.67 bits per heavy atom. The normalized spacial score (nSPS) is 10.3. The van der Waals surface area contributed by atoms with Crippen LogP contribution in [0.5, 0.6) is 0 Å². The highest BCUT2D eigenvalue weighted by atomic mass is 35.5. The van der Waals surface area contributed by atoms with Gasteiger partial charge in [0.25, 0.3) is 0 Å². The van der Waals surface area contributed by atoms with Crippen LogP contribution in [-0.4, -0.2) is 29.9 Å². The second-order valence-electron chi connectivity index (χ2n) is 3.83. The molecule has 18 heavy (non-hydrogen) atoms. The van der Waals surface area contributed by atoms with Crippen molar-refractivity contribution in [2.75, 3.05) is 18.9 Å². The SMILES string of the molecule is O=C(CCCSc1ccc(Cl)cc1)NCCCO. The summed E-state index contributed by atoms with van der Waals surface area (Å²) in [5, 5.41) is 12.1. The summed E-state index contributed by atoms with van der Waals surface area (Å²) in [7, 11) is 0. The van der Waals surface area contributed by atoms with Crippen molar-refractivity contribution in [1.82, 2.24) is 5.32 Å². The van der Waals surface area contributed by atoms with E-state index < -0.39 is 0 Å². The van der Waals surface area contributed by atoms with Gasteiger partial charge in [-0.15, -0.1) is 11.8 Å². The molecule has 0 aliphatic heterocycles. The third kappa shape index (κ3) is 6.89. The Labute approximate surface area is 117 Å². The molecule has 1 aromatic carbocycles. The smallest absolute Gasteiger partial charge is 0.220 e. The largest absolute Gasteiger partial charge is 0.396 e. The van der Waals surface area contributed by atoms with Gasteiger partial charge in [-0.05, 0) is 42.9 Å². The van der Waals surface area contributed by atoms with E-state index in [9.17, 15) is 4.79 Å². The van der Waals surface area contributed by atoms with Gasteiger partial charge in [0.1, 0.15) is 0 Å². The van der Waals surface area contributed by atoms with Crippen molar-refractivity contribution in [3.63, 3.8) is 0 Å². The van der Waals surface area contributed by atoms with Gasteiger partial charge in [0, 0.05) is 29.5 Å². The predicted octanol–water partition coefficient (Wildman–Crippen LogP) is 2.71. The minimum absolute atomic E-state index is 0.0557. The number of thioether (sulfide) groups is 1. The van der Waals surface area contributed by atoms with E-state index in [1.54, 1.807) is 11.8 Å². The zero-order chi connectivity index (χ0) is 13.2. The van der Waals surface area contributed by atoms with Crippen molar-refractivity contribution in [2.45, 2.75) is 24.2 Å². The van der Waals surface area contributed by atoms with Crippen molar-refractivity contribution >= 4 is 29.3 Å². The lowest BCUT2D eigenvalue weighted by Crippen LogP contribution is -2.24. The number of hydrogen-bond donors (Lipinski definition) is 2. The molecule has 1 amide bonds. The van der Waals surface area contributed by atoms with Gasteiger partial charge in [-0.2, -0.15) is 0 Å². The quantitative estimate of drug-likeness (QED) is 0.571. The van der Waals surface area contributed by atoms with Gasteiger partial charge in [-0.1, -0.05) is 11.6 Å². The van der Waals surface area contributed by atoms with Crippen molar-refractivity contribution in [1.29, 1.82) is 0 Å². The number of benzene rings is 1. The summed E-state index contributed by atoms with van der Waals surface area (Å²) in [6.45, 7) is 0.673. The minimum atomic E-state index is 0.0557. The van der Waals surface area contributed by atoms with Crippen molar-refractivity contribution < 1.29 is 9.90 Å². The summed E-state index contributed by atoms with van der Waals surface area (Å²) in [4.78, 5) is 12.5. The molecule has 0 saturated heterocycles. The molecule has 100 valence electrons. The molecule has 0 aliphatic carbocycles. The Kier molecular flexibility index (Phi) is 7.89. The summed E-state index contributed by atoms with van der Waals surface area (Å²) in [5.74, 6) is 0.967. The summed E-state index contributed by atoms with van der Waals surface area (Å²) >= 11 is 7.52. The van der Waals surface area contributed by atoms with Gasteiger partial charge in [-0.3, -0.25) is 4.79 Å². The molecule has 1 aromatic rings. The Bertz CT molecular complexity index is 357. The molecule has 0 spiro atoms. The molecule has 0 radical (unpaired) electrons. The topological polar surface area (TPSA) is 49.3 Å². The molecule has 3 nitrogen and oxygen atoms in total. The van der Waals surface area contributed by atoms with Gasteiger partial charge >= 0.3 is 0 Å². The lowest BCUT2D eigenvalue weighted by atomic mass is 10.3. The fourth-order valence-electron chi connectivity index (χ4n) is 1.35. The number of halogens is 1. The average Bonchev–Trinajstić information content (AvgIpc) is 2.37. The molecule has 0 unspecified atom stereocenters. The molecule has 5 heteroatoms. The van der Waals surface area contributed by atoms with Crippen LogP contribution >= 0.6 is 23.4 Å². The third-order valence-corrected chi connectivity index (χ3v) is 3.64. The summed E-state index contributed by atoms with van der Waals surface area (Å²) in [6, 6.07) is 7.69. The number of aliphatic hydroxyl groups excluding tert-OH is 1. The molecule has 0 bridgehead atoms. The number of carbonyl (C=O) groups is 1. The Hall–Kier alpha value is -0.710. The van der Waals surface area contributed by atoms with Crippen molar-refractivity contribution in [2.24, 2.45) is 0 Å². The van der Waals surface area contributed by atoms with Crippen LogP contribution in [0.15, 0.2) is 29.2 Å². The molecule has 2 N–H and O–H groups in total. The van der Waals surface area contributed by atoms with E-state index in [-0.39, 0.29) is 12.5 Å². The highest BCUT2D eigenvalue weighted by Crippen LogP contribution is 2.21. The maximum absolute atomic E-state index is 11.4. The number of nitrogens with one attached hydrogen (secondary N) is 1.